The van der Waals surface area contributed by atoms with Crippen molar-refractivity contribution >= 4 is 19.4 Å². The van der Waals surface area contributed by atoms with Gasteiger partial charge in [-0.25, -0.2) is 0 Å². The molecule has 20 heavy (non-hydrogen) atoms. The van der Waals surface area contributed by atoms with E-state index in [2.05, 4.69) is 31.2 Å². The van der Waals surface area contributed by atoms with Crippen molar-refractivity contribution in [3.05, 3.63) is 29.8 Å². The van der Waals surface area contributed by atoms with Gasteiger partial charge in [-0.1, -0.05) is 31.9 Å². The summed E-state index contributed by atoms with van der Waals surface area (Å²) >= 11 is 1.60. The standard InChI is InChI=1S/C15H25O3PS/c1-3-5-6-7-14-8-10-15(11-9-14)20-13-12-19(16,17)18-4-2/h8-11H,3-7,12-13H2,1-2H3,(H,16,17). The molecule has 0 spiro atoms. The summed E-state index contributed by atoms with van der Waals surface area (Å²) in [6.45, 7) is 4.22. The lowest BCUT2D eigenvalue weighted by molar-refractivity contribution is 0.275. The van der Waals surface area contributed by atoms with Gasteiger partial charge >= 0.3 is 7.60 Å². The van der Waals surface area contributed by atoms with Gasteiger partial charge in [-0.2, -0.15) is 0 Å². The van der Waals surface area contributed by atoms with E-state index in [1.165, 1.54) is 24.8 Å². The molecule has 0 fully saturated rings. The van der Waals surface area contributed by atoms with Gasteiger partial charge in [0.2, 0.25) is 0 Å². The fraction of sp³-hybridized carbons (Fsp3) is 0.600. The van der Waals surface area contributed by atoms with Crippen molar-refractivity contribution in [3.63, 3.8) is 0 Å². The van der Waals surface area contributed by atoms with Gasteiger partial charge in [-0.3, -0.25) is 4.57 Å². The zero-order chi connectivity index (χ0) is 14.8. The van der Waals surface area contributed by atoms with E-state index in [0.29, 0.717) is 5.75 Å². The van der Waals surface area contributed by atoms with Crippen LogP contribution in [0.25, 0.3) is 0 Å². The molecular formula is C15H25O3PS. The summed E-state index contributed by atoms with van der Waals surface area (Å²) in [6.07, 6.45) is 5.10. The predicted octanol–water partition coefficient (Wildman–Crippen LogP) is 4.73. The molecule has 1 N–H and O–H groups in total. The number of benzene rings is 1. The van der Waals surface area contributed by atoms with Crippen LogP contribution in [-0.2, 0) is 15.5 Å². The van der Waals surface area contributed by atoms with Crippen molar-refractivity contribution in [2.45, 2.75) is 44.4 Å². The maximum atomic E-state index is 11.5. The summed E-state index contributed by atoms with van der Waals surface area (Å²) in [7, 11) is -3.38. The fourth-order valence-electron chi connectivity index (χ4n) is 1.88. The van der Waals surface area contributed by atoms with Crippen molar-refractivity contribution < 1.29 is 14.0 Å². The van der Waals surface area contributed by atoms with Crippen molar-refractivity contribution in [1.29, 1.82) is 0 Å². The average Bonchev–Trinajstić information content (AvgIpc) is 2.40. The summed E-state index contributed by atoms with van der Waals surface area (Å²) in [4.78, 5) is 10.6. The van der Waals surface area contributed by atoms with Crippen LogP contribution in [0.5, 0.6) is 0 Å². The second-order valence-electron chi connectivity index (χ2n) is 4.73. The fourth-order valence-corrected chi connectivity index (χ4v) is 4.26. The first-order valence-electron chi connectivity index (χ1n) is 7.25. The highest BCUT2D eigenvalue weighted by Gasteiger charge is 2.17. The van der Waals surface area contributed by atoms with Crippen LogP contribution in [0.4, 0.5) is 0 Å². The van der Waals surface area contributed by atoms with Crippen LogP contribution in [0.1, 0.15) is 38.7 Å². The Kier molecular flexibility index (Phi) is 8.55. The highest BCUT2D eigenvalue weighted by atomic mass is 32.2. The third-order valence-electron chi connectivity index (χ3n) is 2.97. The van der Waals surface area contributed by atoms with Gasteiger partial charge in [-0.05, 0) is 37.5 Å². The molecule has 5 heteroatoms. The SMILES string of the molecule is CCCCCc1ccc(SCCP(=O)(O)OCC)cc1. The number of rotatable bonds is 10. The lowest BCUT2D eigenvalue weighted by Crippen LogP contribution is -1.96. The minimum absolute atomic E-state index is 0.198. The quantitative estimate of drug-likeness (QED) is 0.385. The topological polar surface area (TPSA) is 46.5 Å². The minimum Gasteiger partial charge on any atom is -0.324 e. The molecule has 1 unspecified atom stereocenters. The molecule has 0 radical (unpaired) electrons. The van der Waals surface area contributed by atoms with Crippen molar-refractivity contribution in [2.75, 3.05) is 18.5 Å². The first-order chi connectivity index (χ1) is 9.57. The molecule has 1 aromatic rings. The number of thioether (sulfide) groups is 1. The predicted molar refractivity (Wildman–Crippen MR) is 86.7 cm³/mol. The average molecular weight is 316 g/mol. The minimum atomic E-state index is -3.38. The first kappa shape index (κ1) is 17.8. The second kappa shape index (κ2) is 9.62. The Morgan fingerprint density at radius 3 is 2.50 bits per heavy atom. The van der Waals surface area contributed by atoms with Gasteiger partial charge in [0, 0.05) is 10.6 Å². The normalized spacial score (nSPS) is 14.2. The summed E-state index contributed by atoms with van der Waals surface area (Å²) in [5.74, 6) is 0.600. The van der Waals surface area contributed by atoms with E-state index in [1.807, 2.05) is 0 Å². The lowest BCUT2D eigenvalue weighted by Gasteiger charge is -2.10. The molecular weight excluding hydrogens is 291 g/mol. The number of aryl methyl sites for hydroxylation is 1. The molecule has 0 saturated carbocycles. The summed E-state index contributed by atoms with van der Waals surface area (Å²) in [5, 5.41) is 0. The molecule has 0 heterocycles. The van der Waals surface area contributed by atoms with E-state index in [0.717, 1.165) is 11.3 Å². The maximum Gasteiger partial charge on any atom is 0.328 e. The van der Waals surface area contributed by atoms with E-state index < -0.39 is 7.60 Å². The van der Waals surface area contributed by atoms with Gasteiger partial charge in [0.15, 0.2) is 0 Å². The Bertz CT molecular complexity index is 420. The van der Waals surface area contributed by atoms with E-state index >= 15 is 0 Å². The summed E-state index contributed by atoms with van der Waals surface area (Å²) in [5.41, 5.74) is 1.37. The van der Waals surface area contributed by atoms with Crippen LogP contribution in [-0.4, -0.2) is 23.4 Å². The Morgan fingerprint density at radius 1 is 1.20 bits per heavy atom. The molecule has 0 aliphatic rings. The zero-order valence-electron chi connectivity index (χ0n) is 12.4. The van der Waals surface area contributed by atoms with Crippen LogP contribution in [0, 0.1) is 0 Å². The molecule has 0 saturated heterocycles. The maximum absolute atomic E-state index is 11.5. The van der Waals surface area contributed by atoms with Crippen molar-refractivity contribution in [3.8, 4) is 0 Å². The molecule has 3 nitrogen and oxygen atoms in total. The third-order valence-corrected chi connectivity index (χ3v) is 5.73. The van der Waals surface area contributed by atoms with E-state index in [9.17, 15) is 9.46 Å². The molecule has 1 atom stereocenters. The van der Waals surface area contributed by atoms with Crippen LogP contribution in [0.15, 0.2) is 29.2 Å². The Balaban J connectivity index is 2.33. The van der Waals surface area contributed by atoms with E-state index in [4.69, 9.17) is 4.52 Å². The summed E-state index contributed by atoms with van der Waals surface area (Å²) < 4.78 is 16.4. The van der Waals surface area contributed by atoms with Crippen LogP contribution in [0.3, 0.4) is 0 Å². The number of hydrogen-bond acceptors (Lipinski definition) is 3. The Labute approximate surface area is 126 Å². The highest BCUT2D eigenvalue weighted by Crippen LogP contribution is 2.42. The molecule has 0 aliphatic heterocycles. The smallest absolute Gasteiger partial charge is 0.324 e. The lowest BCUT2D eigenvalue weighted by atomic mass is 10.1. The van der Waals surface area contributed by atoms with Gasteiger partial charge in [0.25, 0.3) is 0 Å². The third kappa shape index (κ3) is 7.49. The van der Waals surface area contributed by atoms with Crippen LogP contribution in [0.2, 0.25) is 0 Å². The van der Waals surface area contributed by atoms with Crippen molar-refractivity contribution in [1.82, 2.24) is 0 Å². The molecule has 0 amide bonds. The Morgan fingerprint density at radius 2 is 1.90 bits per heavy atom. The highest BCUT2D eigenvalue weighted by molar-refractivity contribution is 7.99. The van der Waals surface area contributed by atoms with Gasteiger partial charge < -0.3 is 9.42 Å². The molecule has 1 rings (SSSR count). The molecule has 0 aromatic heterocycles. The molecule has 0 aliphatic carbocycles. The van der Waals surface area contributed by atoms with Gasteiger partial charge in [-0.15, -0.1) is 11.8 Å². The Hall–Kier alpha value is -0.280. The first-order valence-corrected chi connectivity index (χ1v) is 10.0. The monoisotopic (exact) mass is 316 g/mol. The van der Waals surface area contributed by atoms with Gasteiger partial charge in [0.1, 0.15) is 0 Å². The summed E-state index contributed by atoms with van der Waals surface area (Å²) in [6, 6.07) is 8.49. The van der Waals surface area contributed by atoms with Crippen LogP contribution < -0.4 is 0 Å². The largest absolute Gasteiger partial charge is 0.328 e. The zero-order valence-corrected chi connectivity index (χ0v) is 14.1. The van der Waals surface area contributed by atoms with Gasteiger partial charge in [0.05, 0.1) is 12.8 Å². The van der Waals surface area contributed by atoms with E-state index in [-0.39, 0.29) is 12.8 Å². The van der Waals surface area contributed by atoms with Crippen LogP contribution >= 0.6 is 19.4 Å². The number of unbranched alkanes of at least 4 members (excludes halogenated alkanes) is 2. The number of hydrogen-bond donors (Lipinski definition) is 1. The second-order valence-corrected chi connectivity index (χ2v) is 7.88. The molecule has 1 aromatic carbocycles. The van der Waals surface area contributed by atoms with E-state index in [1.54, 1.807) is 18.7 Å². The molecule has 0 bridgehead atoms. The molecule has 114 valence electrons. The van der Waals surface area contributed by atoms with Crippen molar-refractivity contribution in [2.24, 2.45) is 0 Å².